The first-order chi connectivity index (χ1) is 11.6. The van der Waals surface area contributed by atoms with Gasteiger partial charge in [-0.3, -0.25) is 9.69 Å². The molecule has 1 aliphatic heterocycles. The molecule has 0 bridgehead atoms. The topological polar surface area (TPSA) is 81.9 Å². The molecule has 2 aromatic rings. The molecule has 3 rings (SSSR count). The van der Waals surface area contributed by atoms with Gasteiger partial charge in [0.25, 0.3) is 0 Å². The molecule has 1 amide bonds. The van der Waals surface area contributed by atoms with Crippen molar-refractivity contribution >= 4 is 22.2 Å². The van der Waals surface area contributed by atoms with Crippen LogP contribution in [0.25, 0.3) is 0 Å². The smallest absolute Gasteiger partial charge is 0.239 e. The molecule has 0 atom stereocenters. The van der Waals surface area contributed by atoms with Crippen LogP contribution in [0.15, 0.2) is 17.6 Å². The molecule has 2 aromatic heterocycles. The zero-order valence-electron chi connectivity index (χ0n) is 13.7. The molecule has 0 unspecified atom stereocenters. The number of thiophene rings is 1. The Hall–Kier alpha value is -2.30. The third-order valence-electron chi connectivity index (χ3n) is 3.97. The van der Waals surface area contributed by atoms with Crippen LogP contribution in [0.3, 0.4) is 0 Å². The highest BCUT2D eigenvalue weighted by Crippen LogP contribution is 2.23. The average Bonchev–Trinajstić information content (AvgIpc) is 3.01. The van der Waals surface area contributed by atoms with Crippen molar-refractivity contribution in [3.05, 3.63) is 40.3 Å². The van der Waals surface area contributed by atoms with E-state index in [1.54, 1.807) is 11.4 Å². The zero-order valence-corrected chi connectivity index (χ0v) is 14.6. The van der Waals surface area contributed by atoms with Crippen molar-refractivity contribution in [2.45, 2.75) is 32.7 Å². The normalized spacial score (nSPS) is 14.2. The van der Waals surface area contributed by atoms with Crippen molar-refractivity contribution in [2.24, 2.45) is 0 Å². The number of carbonyl (C=O) groups excluding carboxylic acids is 1. The van der Waals surface area contributed by atoms with Crippen LogP contribution in [0, 0.1) is 11.3 Å². The average molecular weight is 341 g/mol. The maximum atomic E-state index is 12.2. The van der Waals surface area contributed by atoms with Gasteiger partial charge >= 0.3 is 0 Å². The minimum Gasteiger partial charge on any atom is -0.315 e. The highest BCUT2D eigenvalue weighted by molar-refractivity contribution is 7.14. The Balaban J connectivity index is 1.64. The van der Waals surface area contributed by atoms with Crippen molar-refractivity contribution in [3.8, 4) is 6.07 Å². The molecule has 0 fully saturated rings. The highest BCUT2D eigenvalue weighted by Gasteiger charge is 2.21. The summed E-state index contributed by atoms with van der Waals surface area (Å²) in [5, 5.41) is 14.2. The predicted molar refractivity (Wildman–Crippen MR) is 92.8 cm³/mol. The van der Waals surface area contributed by atoms with E-state index in [1.165, 1.54) is 16.9 Å². The number of aromatic nitrogens is 2. The fourth-order valence-electron chi connectivity index (χ4n) is 2.65. The zero-order chi connectivity index (χ0) is 17.1. The summed E-state index contributed by atoms with van der Waals surface area (Å²) in [4.78, 5) is 23.4. The van der Waals surface area contributed by atoms with Gasteiger partial charge in [0, 0.05) is 25.2 Å². The van der Waals surface area contributed by atoms with Crippen LogP contribution in [-0.2, 0) is 17.8 Å². The van der Waals surface area contributed by atoms with Gasteiger partial charge in [0.2, 0.25) is 5.91 Å². The highest BCUT2D eigenvalue weighted by atomic mass is 32.1. The van der Waals surface area contributed by atoms with Gasteiger partial charge in [-0.1, -0.05) is 13.8 Å². The minimum atomic E-state index is -0.101. The molecule has 24 heavy (non-hydrogen) atoms. The molecule has 1 aliphatic rings. The molecule has 0 saturated heterocycles. The fraction of sp³-hybridized carbons (Fsp3) is 0.412. The molecular weight excluding hydrogens is 322 g/mol. The lowest BCUT2D eigenvalue weighted by Gasteiger charge is -2.27. The summed E-state index contributed by atoms with van der Waals surface area (Å²) in [6.07, 6.45) is 2.77. The standard InChI is InChI=1S/C17H19N5OS/c1-11(2)16-19-8-13-3-5-22(9-14(13)20-16)10-15(23)21-17-12(7-18)4-6-24-17/h4,6,8,11H,3,5,9-10H2,1-2H3,(H,21,23). The van der Waals surface area contributed by atoms with E-state index in [2.05, 4.69) is 40.1 Å². The summed E-state index contributed by atoms with van der Waals surface area (Å²) in [5.74, 6) is 1.03. The van der Waals surface area contributed by atoms with Gasteiger partial charge in [-0.2, -0.15) is 5.26 Å². The van der Waals surface area contributed by atoms with E-state index >= 15 is 0 Å². The molecule has 1 N–H and O–H groups in total. The van der Waals surface area contributed by atoms with Gasteiger partial charge in [0.1, 0.15) is 16.9 Å². The Morgan fingerprint density at radius 2 is 2.38 bits per heavy atom. The Morgan fingerprint density at radius 1 is 1.54 bits per heavy atom. The number of hydrogen-bond acceptors (Lipinski definition) is 6. The van der Waals surface area contributed by atoms with Crippen molar-refractivity contribution in [2.75, 3.05) is 18.4 Å². The molecule has 0 radical (unpaired) electrons. The van der Waals surface area contributed by atoms with E-state index in [0.29, 0.717) is 23.7 Å². The summed E-state index contributed by atoms with van der Waals surface area (Å²) in [5.41, 5.74) is 2.69. The number of carbonyl (C=O) groups is 1. The van der Waals surface area contributed by atoms with E-state index in [4.69, 9.17) is 5.26 Å². The molecule has 7 heteroatoms. The van der Waals surface area contributed by atoms with Crippen molar-refractivity contribution < 1.29 is 4.79 Å². The van der Waals surface area contributed by atoms with Gasteiger partial charge < -0.3 is 5.32 Å². The number of rotatable bonds is 4. The van der Waals surface area contributed by atoms with E-state index in [-0.39, 0.29) is 11.8 Å². The van der Waals surface area contributed by atoms with Crippen LogP contribution >= 0.6 is 11.3 Å². The van der Waals surface area contributed by atoms with E-state index in [1.807, 2.05) is 6.20 Å². The van der Waals surface area contributed by atoms with Gasteiger partial charge in [0.15, 0.2) is 0 Å². The third-order valence-corrected chi connectivity index (χ3v) is 4.80. The third kappa shape index (κ3) is 3.61. The number of hydrogen-bond donors (Lipinski definition) is 1. The second-order valence-electron chi connectivity index (χ2n) is 6.14. The molecule has 0 aliphatic carbocycles. The van der Waals surface area contributed by atoms with Gasteiger partial charge in [-0.25, -0.2) is 9.97 Å². The van der Waals surface area contributed by atoms with Gasteiger partial charge in [-0.15, -0.1) is 11.3 Å². The van der Waals surface area contributed by atoms with Crippen LogP contribution in [-0.4, -0.2) is 33.9 Å². The predicted octanol–water partition coefficient (Wildman–Crippen LogP) is 2.53. The summed E-state index contributed by atoms with van der Waals surface area (Å²) in [6, 6.07) is 3.79. The van der Waals surface area contributed by atoms with Crippen LogP contribution in [0.4, 0.5) is 5.00 Å². The Kier molecular flexibility index (Phi) is 4.88. The first-order valence-electron chi connectivity index (χ1n) is 7.91. The molecule has 124 valence electrons. The number of nitrogens with one attached hydrogen (secondary N) is 1. The largest absolute Gasteiger partial charge is 0.315 e. The lowest BCUT2D eigenvalue weighted by Crippen LogP contribution is -2.37. The summed E-state index contributed by atoms with van der Waals surface area (Å²) < 4.78 is 0. The maximum Gasteiger partial charge on any atom is 0.239 e. The van der Waals surface area contributed by atoms with Crippen LogP contribution in [0.5, 0.6) is 0 Å². The fourth-order valence-corrected chi connectivity index (χ4v) is 3.40. The van der Waals surface area contributed by atoms with Crippen molar-refractivity contribution in [1.29, 1.82) is 5.26 Å². The SMILES string of the molecule is CC(C)c1ncc2c(n1)CN(CC(=O)Nc1sccc1C#N)CC2. The lowest BCUT2D eigenvalue weighted by molar-refractivity contribution is -0.117. The number of anilines is 1. The molecule has 0 aromatic carbocycles. The lowest BCUT2D eigenvalue weighted by atomic mass is 10.1. The van der Waals surface area contributed by atoms with E-state index < -0.39 is 0 Å². The van der Waals surface area contributed by atoms with E-state index in [9.17, 15) is 4.79 Å². The van der Waals surface area contributed by atoms with Crippen molar-refractivity contribution in [3.63, 3.8) is 0 Å². The first-order valence-corrected chi connectivity index (χ1v) is 8.79. The summed E-state index contributed by atoms with van der Waals surface area (Å²) >= 11 is 1.36. The number of fused-ring (bicyclic) bond motifs is 1. The number of amides is 1. The Labute approximate surface area is 145 Å². The summed E-state index contributed by atoms with van der Waals surface area (Å²) in [7, 11) is 0. The number of nitriles is 1. The molecule has 6 nitrogen and oxygen atoms in total. The van der Waals surface area contributed by atoms with Gasteiger partial charge in [-0.05, 0) is 23.4 Å². The monoisotopic (exact) mass is 341 g/mol. The Morgan fingerprint density at radius 3 is 3.12 bits per heavy atom. The van der Waals surface area contributed by atoms with Crippen molar-refractivity contribution in [1.82, 2.24) is 14.9 Å². The summed E-state index contributed by atoms with van der Waals surface area (Å²) in [6.45, 7) is 5.90. The van der Waals surface area contributed by atoms with Crippen LogP contribution < -0.4 is 5.32 Å². The first kappa shape index (κ1) is 16.6. The molecular formula is C17H19N5OS. The second-order valence-corrected chi connectivity index (χ2v) is 7.05. The van der Waals surface area contributed by atoms with E-state index in [0.717, 1.165) is 24.5 Å². The minimum absolute atomic E-state index is 0.101. The van der Waals surface area contributed by atoms with Gasteiger partial charge in [0.05, 0.1) is 17.8 Å². The Bertz CT molecular complexity index is 793. The second kappa shape index (κ2) is 7.07. The quantitative estimate of drug-likeness (QED) is 0.924. The van der Waals surface area contributed by atoms with Crippen LogP contribution in [0.2, 0.25) is 0 Å². The molecule has 0 saturated carbocycles. The van der Waals surface area contributed by atoms with Crippen LogP contribution in [0.1, 0.15) is 42.4 Å². The number of nitrogens with zero attached hydrogens (tertiary/aromatic N) is 4. The maximum absolute atomic E-state index is 12.2. The molecule has 0 spiro atoms. The molecule has 3 heterocycles.